The van der Waals surface area contributed by atoms with Gasteiger partial charge in [-0.15, -0.1) is 0 Å². The van der Waals surface area contributed by atoms with Crippen LogP contribution >= 0.6 is 31.9 Å². The molecule has 5 heteroatoms. The number of anilines is 2. The van der Waals surface area contributed by atoms with Gasteiger partial charge < -0.3 is 10.1 Å². The van der Waals surface area contributed by atoms with Gasteiger partial charge in [0.05, 0.1) is 11.6 Å². The van der Waals surface area contributed by atoms with Crippen molar-refractivity contribution in [3.05, 3.63) is 45.5 Å². The number of methoxy groups -OCH3 is 1. The van der Waals surface area contributed by atoms with E-state index in [9.17, 15) is 0 Å². The quantitative estimate of drug-likeness (QED) is 0.886. The topological polar surface area (TPSA) is 34.1 Å². The van der Waals surface area contributed by atoms with Crippen LogP contribution < -0.4 is 10.1 Å². The van der Waals surface area contributed by atoms with Crippen LogP contribution in [0.5, 0.6) is 5.75 Å². The molecular weight excluding hydrogens is 348 g/mol. The van der Waals surface area contributed by atoms with Crippen LogP contribution in [0, 0.1) is 0 Å². The van der Waals surface area contributed by atoms with Crippen LogP contribution in [0.1, 0.15) is 0 Å². The van der Waals surface area contributed by atoms with E-state index >= 15 is 0 Å². The van der Waals surface area contributed by atoms with E-state index in [1.165, 1.54) is 0 Å². The molecule has 0 aliphatic carbocycles. The van der Waals surface area contributed by atoms with Gasteiger partial charge >= 0.3 is 0 Å². The van der Waals surface area contributed by atoms with E-state index in [4.69, 9.17) is 4.74 Å². The molecule has 0 spiro atoms. The van der Waals surface area contributed by atoms with Gasteiger partial charge in [-0.3, -0.25) is 0 Å². The normalized spacial score (nSPS) is 10.1. The average Bonchev–Trinajstić information content (AvgIpc) is 2.34. The first kappa shape index (κ1) is 12.4. The Kier molecular flexibility index (Phi) is 4.02. The number of halogens is 2. The number of benzene rings is 1. The molecule has 2 aromatic rings. The number of ether oxygens (including phenoxy) is 1. The zero-order valence-electron chi connectivity index (χ0n) is 9.08. The maximum absolute atomic E-state index is 5.10. The van der Waals surface area contributed by atoms with E-state index in [1.807, 2.05) is 30.3 Å². The first-order chi connectivity index (χ1) is 8.19. The molecule has 1 aromatic heterocycles. The number of nitrogens with zero attached hydrogens (tertiary/aromatic N) is 1. The first-order valence-electron chi connectivity index (χ1n) is 4.91. The molecule has 0 unspecified atom stereocenters. The summed E-state index contributed by atoms with van der Waals surface area (Å²) in [6.07, 6.45) is 1.75. The first-order valence-corrected chi connectivity index (χ1v) is 6.50. The second-order valence-electron chi connectivity index (χ2n) is 3.34. The Hall–Kier alpha value is -1.07. The molecular formula is C12H10Br2N2O. The Bertz CT molecular complexity index is 514. The third-order valence-corrected chi connectivity index (χ3v) is 3.20. The lowest BCUT2D eigenvalue weighted by molar-refractivity contribution is 0.415. The summed E-state index contributed by atoms with van der Waals surface area (Å²) < 4.78 is 6.94. The molecule has 2 rings (SSSR count). The molecule has 1 N–H and O–H groups in total. The van der Waals surface area contributed by atoms with Gasteiger partial charge in [0.15, 0.2) is 0 Å². The smallest absolute Gasteiger partial charge is 0.144 e. The van der Waals surface area contributed by atoms with Crippen LogP contribution in [0.25, 0.3) is 0 Å². The van der Waals surface area contributed by atoms with Gasteiger partial charge in [0, 0.05) is 16.4 Å². The fraction of sp³-hybridized carbons (Fsp3) is 0.0833. The fourth-order valence-corrected chi connectivity index (χ4v) is 2.40. The second-order valence-corrected chi connectivity index (χ2v) is 5.11. The summed E-state index contributed by atoms with van der Waals surface area (Å²) >= 11 is 6.82. The molecule has 1 aromatic carbocycles. The number of aromatic nitrogens is 1. The maximum Gasteiger partial charge on any atom is 0.144 e. The van der Waals surface area contributed by atoms with E-state index in [1.54, 1.807) is 13.3 Å². The molecule has 0 saturated carbocycles. The predicted octanol–water partition coefficient (Wildman–Crippen LogP) is 4.36. The summed E-state index contributed by atoms with van der Waals surface area (Å²) in [6.45, 7) is 0. The Morgan fingerprint density at radius 2 is 1.88 bits per heavy atom. The lowest BCUT2D eigenvalue weighted by Gasteiger charge is -2.08. The molecule has 88 valence electrons. The molecule has 0 atom stereocenters. The minimum atomic E-state index is 0.776. The number of rotatable bonds is 3. The summed E-state index contributed by atoms with van der Waals surface area (Å²) in [6, 6.07) is 9.62. The third-order valence-electron chi connectivity index (χ3n) is 2.16. The van der Waals surface area contributed by atoms with Crippen LogP contribution in [0.2, 0.25) is 0 Å². The van der Waals surface area contributed by atoms with Gasteiger partial charge in [-0.2, -0.15) is 0 Å². The van der Waals surface area contributed by atoms with Crippen molar-refractivity contribution in [1.82, 2.24) is 4.98 Å². The molecule has 0 saturated heterocycles. The number of hydrogen-bond acceptors (Lipinski definition) is 3. The van der Waals surface area contributed by atoms with E-state index in [0.717, 1.165) is 26.2 Å². The fourth-order valence-electron chi connectivity index (χ4n) is 1.32. The highest BCUT2D eigenvalue weighted by molar-refractivity contribution is 9.11. The van der Waals surface area contributed by atoms with E-state index in [0.29, 0.717) is 0 Å². The molecule has 0 aliphatic rings. The molecule has 0 aliphatic heterocycles. The van der Waals surface area contributed by atoms with Gasteiger partial charge in [0.2, 0.25) is 0 Å². The minimum absolute atomic E-state index is 0.776. The summed E-state index contributed by atoms with van der Waals surface area (Å²) in [5.74, 6) is 1.61. The van der Waals surface area contributed by atoms with Crippen LogP contribution in [0.4, 0.5) is 11.5 Å². The zero-order chi connectivity index (χ0) is 12.3. The van der Waals surface area contributed by atoms with Gasteiger partial charge in [-0.25, -0.2) is 4.98 Å². The van der Waals surface area contributed by atoms with Crippen LogP contribution in [0.3, 0.4) is 0 Å². The molecule has 0 radical (unpaired) electrons. The third kappa shape index (κ3) is 3.20. The van der Waals surface area contributed by atoms with Crippen molar-refractivity contribution in [2.75, 3.05) is 12.4 Å². The molecule has 0 fully saturated rings. The SMILES string of the molecule is COc1ccc(Nc2ncc(Br)cc2Br)cc1. The van der Waals surface area contributed by atoms with E-state index in [-0.39, 0.29) is 0 Å². The van der Waals surface area contributed by atoms with E-state index < -0.39 is 0 Å². The summed E-state index contributed by atoms with van der Waals surface area (Å²) in [5, 5.41) is 3.22. The highest BCUT2D eigenvalue weighted by atomic mass is 79.9. The summed E-state index contributed by atoms with van der Waals surface area (Å²) in [4.78, 5) is 4.28. The molecule has 3 nitrogen and oxygen atoms in total. The van der Waals surface area contributed by atoms with Gasteiger partial charge in [-0.1, -0.05) is 0 Å². The van der Waals surface area contributed by atoms with Crippen molar-refractivity contribution in [1.29, 1.82) is 0 Å². The lowest BCUT2D eigenvalue weighted by Crippen LogP contribution is -1.94. The monoisotopic (exact) mass is 356 g/mol. The Labute approximate surface area is 116 Å². The Morgan fingerprint density at radius 1 is 1.18 bits per heavy atom. The van der Waals surface area contributed by atoms with Crippen molar-refractivity contribution >= 4 is 43.4 Å². The summed E-state index contributed by atoms with van der Waals surface area (Å²) in [5.41, 5.74) is 0.960. The number of pyridine rings is 1. The highest BCUT2D eigenvalue weighted by Crippen LogP contribution is 2.27. The van der Waals surface area contributed by atoms with Gasteiger partial charge in [0.1, 0.15) is 11.6 Å². The molecule has 1 heterocycles. The van der Waals surface area contributed by atoms with Crippen molar-refractivity contribution in [2.45, 2.75) is 0 Å². The Balaban J connectivity index is 2.19. The molecule has 0 bridgehead atoms. The van der Waals surface area contributed by atoms with Crippen molar-refractivity contribution in [2.24, 2.45) is 0 Å². The highest BCUT2D eigenvalue weighted by Gasteiger charge is 2.02. The van der Waals surface area contributed by atoms with Crippen molar-refractivity contribution in [3.63, 3.8) is 0 Å². The Morgan fingerprint density at radius 3 is 2.47 bits per heavy atom. The van der Waals surface area contributed by atoms with Gasteiger partial charge in [0.25, 0.3) is 0 Å². The minimum Gasteiger partial charge on any atom is -0.497 e. The molecule has 17 heavy (non-hydrogen) atoms. The number of hydrogen-bond donors (Lipinski definition) is 1. The van der Waals surface area contributed by atoms with E-state index in [2.05, 4.69) is 42.2 Å². The summed E-state index contributed by atoms with van der Waals surface area (Å²) in [7, 11) is 1.65. The zero-order valence-corrected chi connectivity index (χ0v) is 12.2. The average molecular weight is 358 g/mol. The van der Waals surface area contributed by atoms with Crippen LogP contribution in [-0.4, -0.2) is 12.1 Å². The number of nitrogens with one attached hydrogen (secondary N) is 1. The van der Waals surface area contributed by atoms with Gasteiger partial charge in [-0.05, 0) is 62.2 Å². The van der Waals surface area contributed by atoms with Crippen molar-refractivity contribution < 1.29 is 4.74 Å². The van der Waals surface area contributed by atoms with Crippen molar-refractivity contribution in [3.8, 4) is 5.75 Å². The largest absolute Gasteiger partial charge is 0.497 e. The standard InChI is InChI=1S/C12H10Br2N2O/c1-17-10-4-2-9(3-5-10)16-12-11(14)6-8(13)7-15-12/h2-7H,1H3,(H,15,16). The maximum atomic E-state index is 5.10. The second kappa shape index (κ2) is 5.51. The van der Waals surface area contributed by atoms with Crippen LogP contribution in [0.15, 0.2) is 45.5 Å². The predicted molar refractivity (Wildman–Crippen MR) is 75.9 cm³/mol. The van der Waals surface area contributed by atoms with Crippen LogP contribution in [-0.2, 0) is 0 Å². The molecule has 0 amide bonds. The lowest BCUT2D eigenvalue weighted by atomic mass is 10.3.